The second-order valence-electron chi connectivity index (χ2n) is 3.50. The molecule has 1 heterocycles. The van der Waals surface area contributed by atoms with E-state index < -0.39 is 0 Å². The maximum atomic E-state index is 11.4. The summed E-state index contributed by atoms with van der Waals surface area (Å²) in [6, 6.07) is 11.4. The van der Waals surface area contributed by atoms with Crippen molar-refractivity contribution in [1.82, 2.24) is 0 Å². The fraction of sp³-hybridized carbons (Fsp3) is 0.154. The van der Waals surface area contributed by atoms with Crippen molar-refractivity contribution in [2.45, 2.75) is 6.92 Å². The zero-order valence-electron chi connectivity index (χ0n) is 9.19. The van der Waals surface area contributed by atoms with E-state index in [1.54, 1.807) is 13.2 Å². The fourth-order valence-electron chi connectivity index (χ4n) is 1.56. The molecule has 0 N–H and O–H groups in total. The van der Waals surface area contributed by atoms with Gasteiger partial charge in [-0.3, -0.25) is 4.79 Å². The van der Waals surface area contributed by atoms with Crippen LogP contribution in [-0.4, -0.2) is 7.11 Å². The van der Waals surface area contributed by atoms with E-state index in [4.69, 9.17) is 4.74 Å². The topological polar surface area (TPSA) is 26.3 Å². The SMILES string of the molecule is COc1ccc(-c2cc(C)sc(=O)c2)cc1. The lowest BCUT2D eigenvalue weighted by atomic mass is 10.1. The lowest BCUT2D eigenvalue weighted by molar-refractivity contribution is 0.415. The van der Waals surface area contributed by atoms with E-state index in [2.05, 4.69) is 0 Å². The molecule has 0 atom stereocenters. The van der Waals surface area contributed by atoms with Crippen molar-refractivity contribution in [2.24, 2.45) is 0 Å². The predicted octanol–water partition coefficient (Wildman–Crippen LogP) is 3.09. The summed E-state index contributed by atoms with van der Waals surface area (Å²) in [6.07, 6.45) is 0. The van der Waals surface area contributed by atoms with Gasteiger partial charge in [0.15, 0.2) is 0 Å². The van der Waals surface area contributed by atoms with Crippen molar-refractivity contribution in [3.63, 3.8) is 0 Å². The Morgan fingerprint density at radius 2 is 1.75 bits per heavy atom. The van der Waals surface area contributed by atoms with Gasteiger partial charge in [0.05, 0.1) is 7.11 Å². The van der Waals surface area contributed by atoms with Crippen LogP contribution in [0, 0.1) is 6.92 Å². The Labute approximate surface area is 98.1 Å². The Balaban J connectivity index is 2.46. The molecular formula is C13H12O2S. The Morgan fingerprint density at radius 1 is 1.06 bits per heavy atom. The molecule has 2 rings (SSSR count). The number of ether oxygens (including phenoxy) is 1. The van der Waals surface area contributed by atoms with Crippen LogP contribution < -0.4 is 9.48 Å². The number of hydrogen-bond acceptors (Lipinski definition) is 3. The first-order chi connectivity index (χ1) is 7.69. The van der Waals surface area contributed by atoms with Gasteiger partial charge in [-0.05, 0) is 36.2 Å². The largest absolute Gasteiger partial charge is 0.497 e. The smallest absolute Gasteiger partial charge is 0.233 e. The first-order valence-electron chi connectivity index (χ1n) is 4.95. The molecule has 0 aliphatic carbocycles. The van der Waals surface area contributed by atoms with Gasteiger partial charge in [0.25, 0.3) is 0 Å². The second kappa shape index (κ2) is 4.49. The summed E-state index contributed by atoms with van der Waals surface area (Å²) in [7, 11) is 1.64. The van der Waals surface area contributed by atoms with Crippen LogP contribution in [0.4, 0.5) is 0 Å². The van der Waals surface area contributed by atoms with E-state index >= 15 is 0 Å². The van der Waals surface area contributed by atoms with E-state index in [9.17, 15) is 4.79 Å². The maximum absolute atomic E-state index is 11.4. The molecule has 0 bridgehead atoms. The third kappa shape index (κ3) is 2.31. The molecule has 0 saturated heterocycles. The molecule has 0 unspecified atom stereocenters. The molecule has 16 heavy (non-hydrogen) atoms. The number of methoxy groups -OCH3 is 1. The van der Waals surface area contributed by atoms with Gasteiger partial charge in [0, 0.05) is 10.9 Å². The summed E-state index contributed by atoms with van der Waals surface area (Å²) >= 11 is 1.27. The molecule has 2 nitrogen and oxygen atoms in total. The van der Waals surface area contributed by atoms with Crippen molar-refractivity contribution in [2.75, 3.05) is 7.11 Å². The lowest BCUT2D eigenvalue weighted by Gasteiger charge is -2.03. The normalized spacial score (nSPS) is 10.1. The van der Waals surface area contributed by atoms with E-state index in [1.807, 2.05) is 37.3 Å². The molecule has 0 aliphatic rings. The Morgan fingerprint density at radius 3 is 2.31 bits per heavy atom. The molecule has 82 valence electrons. The van der Waals surface area contributed by atoms with E-state index in [0.717, 1.165) is 21.8 Å². The van der Waals surface area contributed by atoms with Crippen LogP contribution in [0.1, 0.15) is 4.88 Å². The summed E-state index contributed by atoms with van der Waals surface area (Å²) in [5.74, 6) is 0.821. The van der Waals surface area contributed by atoms with Gasteiger partial charge in [-0.2, -0.15) is 0 Å². The Bertz CT molecular complexity index is 541. The molecule has 0 fully saturated rings. The zero-order chi connectivity index (χ0) is 11.5. The minimum Gasteiger partial charge on any atom is -0.497 e. The second-order valence-corrected chi connectivity index (χ2v) is 4.75. The highest BCUT2D eigenvalue weighted by Gasteiger charge is 2.00. The van der Waals surface area contributed by atoms with Crippen LogP contribution in [0.5, 0.6) is 5.75 Å². The number of benzene rings is 1. The molecule has 1 aromatic carbocycles. The van der Waals surface area contributed by atoms with Gasteiger partial charge >= 0.3 is 0 Å². The molecule has 0 radical (unpaired) electrons. The van der Waals surface area contributed by atoms with Gasteiger partial charge in [-0.25, -0.2) is 0 Å². The van der Waals surface area contributed by atoms with E-state index in [-0.39, 0.29) is 4.74 Å². The fourth-order valence-corrected chi connectivity index (χ4v) is 2.24. The van der Waals surface area contributed by atoms with Crippen molar-refractivity contribution >= 4 is 11.3 Å². The van der Waals surface area contributed by atoms with Crippen LogP contribution >= 0.6 is 11.3 Å². The molecule has 2 aromatic rings. The average Bonchev–Trinajstić information content (AvgIpc) is 2.28. The highest BCUT2D eigenvalue weighted by Crippen LogP contribution is 2.22. The number of hydrogen-bond donors (Lipinski definition) is 0. The maximum Gasteiger partial charge on any atom is 0.233 e. The first-order valence-corrected chi connectivity index (χ1v) is 5.77. The van der Waals surface area contributed by atoms with Crippen LogP contribution in [-0.2, 0) is 0 Å². The third-order valence-electron chi connectivity index (χ3n) is 2.32. The van der Waals surface area contributed by atoms with Gasteiger partial charge in [-0.1, -0.05) is 23.5 Å². The minimum absolute atomic E-state index is 0.0887. The van der Waals surface area contributed by atoms with Crippen molar-refractivity contribution in [1.29, 1.82) is 0 Å². The van der Waals surface area contributed by atoms with Crippen LogP contribution in [0.15, 0.2) is 41.2 Å². The lowest BCUT2D eigenvalue weighted by Crippen LogP contribution is -1.93. The molecule has 1 aromatic heterocycles. The van der Waals surface area contributed by atoms with Crippen LogP contribution in [0.2, 0.25) is 0 Å². The first kappa shape index (κ1) is 10.9. The summed E-state index contributed by atoms with van der Waals surface area (Å²) < 4.78 is 5.18. The molecule has 3 heteroatoms. The Kier molecular flexibility index (Phi) is 3.06. The van der Waals surface area contributed by atoms with Gasteiger partial charge in [-0.15, -0.1) is 0 Å². The standard InChI is InChI=1S/C13H12O2S/c1-9-7-11(8-13(14)16-9)10-3-5-12(15-2)6-4-10/h3-8H,1-2H3. The van der Waals surface area contributed by atoms with Crippen molar-refractivity contribution in [3.05, 3.63) is 50.8 Å². The van der Waals surface area contributed by atoms with Crippen molar-refractivity contribution in [3.8, 4) is 16.9 Å². The zero-order valence-corrected chi connectivity index (χ0v) is 10.0. The van der Waals surface area contributed by atoms with E-state index in [1.165, 1.54) is 11.3 Å². The highest BCUT2D eigenvalue weighted by molar-refractivity contribution is 7.09. The summed E-state index contributed by atoms with van der Waals surface area (Å²) in [5.41, 5.74) is 2.00. The van der Waals surface area contributed by atoms with Crippen molar-refractivity contribution < 1.29 is 4.74 Å². The predicted molar refractivity (Wildman–Crippen MR) is 67.3 cm³/mol. The monoisotopic (exact) mass is 232 g/mol. The van der Waals surface area contributed by atoms with Crippen LogP contribution in [0.25, 0.3) is 11.1 Å². The number of rotatable bonds is 2. The summed E-state index contributed by atoms with van der Waals surface area (Å²) in [5, 5.41) is 0. The van der Waals surface area contributed by atoms with E-state index in [0.29, 0.717) is 0 Å². The Hall–Kier alpha value is -1.61. The summed E-state index contributed by atoms with van der Waals surface area (Å²) in [6.45, 7) is 1.94. The van der Waals surface area contributed by atoms with Gasteiger partial charge in [0.1, 0.15) is 5.75 Å². The molecule has 0 spiro atoms. The quantitative estimate of drug-likeness (QED) is 0.795. The third-order valence-corrected chi connectivity index (χ3v) is 3.08. The molecule has 0 saturated carbocycles. The van der Waals surface area contributed by atoms with Crippen LogP contribution in [0.3, 0.4) is 0 Å². The number of aryl methyl sites for hydroxylation is 1. The average molecular weight is 232 g/mol. The summed E-state index contributed by atoms with van der Waals surface area (Å²) in [4.78, 5) is 12.4. The van der Waals surface area contributed by atoms with Gasteiger partial charge < -0.3 is 4.74 Å². The van der Waals surface area contributed by atoms with Gasteiger partial charge in [0.2, 0.25) is 4.74 Å². The minimum atomic E-state index is 0.0887. The molecular weight excluding hydrogens is 220 g/mol. The molecule has 0 aliphatic heterocycles. The highest BCUT2D eigenvalue weighted by atomic mass is 32.1. The molecule has 0 amide bonds.